The monoisotopic (exact) mass is 447 g/mol. The predicted octanol–water partition coefficient (Wildman–Crippen LogP) is 3.05. The number of amides is 1. The highest BCUT2D eigenvalue weighted by Crippen LogP contribution is 2.38. The second-order valence-electron chi connectivity index (χ2n) is 8.67. The third-order valence-electron chi connectivity index (χ3n) is 6.71. The van der Waals surface area contributed by atoms with E-state index in [4.69, 9.17) is 5.41 Å². The van der Waals surface area contributed by atoms with Crippen molar-refractivity contribution in [3.63, 3.8) is 0 Å². The van der Waals surface area contributed by atoms with Crippen LogP contribution in [0.3, 0.4) is 0 Å². The van der Waals surface area contributed by atoms with Gasteiger partial charge in [-0.15, -0.1) is 0 Å². The Morgan fingerprint density at radius 2 is 1.97 bits per heavy atom. The maximum atomic E-state index is 13.2. The molecule has 0 spiro atoms. The summed E-state index contributed by atoms with van der Waals surface area (Å²) in [4.78, 5) is 24.3. The fraction of sp³-hybridized carbons (Fsp3) is 0.524. The van der Waals surface area contributed by atoms with Gasteiger partial charge in [0.2, 0.25) is 5.91 Å². The molecule has 0 aromatic carbocycles. The third kappa shape index (κ3) is 3.59. The summed E-state index contributed by atoms with van der Waals surface area (Å²) in [5.74, 6) is 0.438. The van der Waals surface area contributed by atoms with E-state index < -0.39 is 12.7 Å². The molecule has 2 aliphatic heterocycles. The lowest BCUT2D eigenvalue weighted by Crippen LogP contribution is -2.59. The lowest BCUT2D eigenvalue weighted by molar-refractivity contribution is -0.145. The van der Waals surface area contributed by atoms with Crippen molar-refractivity contribution < 1.29 is 18.0 Å². The van der Waals surface area contributed by atoms with E-state index in [2.05, 4.69) is 20.0 Å². The largest absolute Gasteiger partial charge is 0.358 e. The Kier molecular flexibility index (Phi) is 5.26. The number of hydrogen-bond acceptors (Lipinski definition) is 3. The number of alkyl halides is 3. The van der Waals surface area contributed by atoms with Gasteiger partial charge in [0.25, 0.3) is 0 Å². The van der Waals surface area contributed by atoms with Gasteiger partial charge in [0.15, 0.2) is 5.84 Å². The van der Waals surface area contributed by atoms with Crippen molar-refractivity contribution in [1.29, 1.82) is 5.41 Å². The molecule has 3 aliphatic rings. The van der Waals surface area contributed by atoms with E-state index in [1.807, 2.05) is 4.90 Å². The van der Waals surface area contributed by atoms with Gasteiger partial charge in [0.1, 0.15) is 12.5 Å². The quantitative estimate of drug-likeness (QED) is 0.545. The van der Waals surface area contributed by atoms with Crippen LogP contribution in [0.5, 0.6) is 0 Å². The van der Waals surface area contributed by atoms with Crippen LogP contribution in [0, 0.1) is 11.3 Å². The number of aliphatic imine (C=N–C) groups is 1. The molecule has 2 aromatic heterocycles. The Balaban J connectivity index is 1.33. The van der Waals surface area contributed by atoms with Gasteiger partial charge < -0.3 is 14.8 Å². The van der Waals surface area contributed by atoms with E-state index in [1.165, 1.54) is 12.4 Å². The van der Waals surface area contributed by atoms with Crippen LogP contribution in [-0.4, -0.2) is 74.0 Å². The van der Waals surface area contributed by atoms with E-state index in [1.54, 1.807) is 12.3 Å². The van der Waals surface area contributed by atoms with Crippen molar-refractivity contribution in [2.24, 2.45) is 10.9 Å². The summed E-state index contributed by atoms with van der Waals surface area (Å²) in [6, 6.07) is 1.87. The first-order chi connectivity index (χ1) is 15.4. The average Bonchev–Trinajstić information content (AvgIpc) is 3.47. The van der Waals surface area contributed by atoms with Gasteiger partial charge in [0, 0.05) is 54.6 Å². The number of nitrogens with zero attached hydrogens (tertiary/aromatic N) is 5. The molecule has 5 rings (SSSR count). The maximum absolute atomic E-state index is 13.2. The number of hydrogen-bond donors (Lipinski definition) is 2. The number of carbonyl (C=O) groups excluding carboxylic acids is 1. The van der Waals surface area contributed by atoms with Crippen molar-refractivity contribution in [2.45, 2.75) is 50.5 Å². The van der Waals surface area contributed by atoms with E-state index in [0.29, 0.717) is 53.3 Å². The minimum absolute atomic E-state index is 0.0366. The minimum atomic E-state index is -2.71. The number of carbonyl (C=O) groups is 1. The first-order valence-corrected chi connectivity index (χ1v) is 10.7. The van der Waals surface area contributed by atoms with Crippen LogP contribution >= 0.6 is 0 Å². The van der Waals surface area contributed by atoms with Crippen LogP contribution in [0.25, 0.3) is 11.1 Å². The molecular formula is C21H24F3N7O. The first-order valence-electron chi connectivity index (χ1n) is 10.7. The zero-order valence-corrected chi connectivity index (χ0v) is 17.3. The molecule has 3 fully saturated rings. The number of piperazine rings is 1. The summed E-state index contributed by atoms with van der Waals surface area (Å²) in [6.45, 7) is -1.54. The van der Waals surface area contributed by atoms with Gasteiger partial charge in [-0.1, -0.05) is 0 Å². The topological polar surface area (TPSA) is 93.4 Å². The summed E-state index contributed by atoms with van der Waals surface area (Å²) in [5.41, 5.74) is 1.89. The number of likely N-dealkylation sites (tertiary alicyclic amines) is 1. The predicted molar refractivity (Wildman–Crippen MR) is 111 cm³/mol. The van der Waals surface area contributed by atoms with Crippen LogP contribution in [0.1, 0.15) is 37.9 Å². The van der Waals surface area contributed by atoms with E-state index >= 15 is 0 Å². The van der Waals surface area contributed by atoms with Gasteiger partial charge in [-0.05, 0) is 31.7 Å². The Morgan fingerprint density at radius 1 is 1.25 bits per heavy atom. The van der Waals surface area contributed by atoms with Crippen molar-refractivity contribution in [3.05, 3.63) is 30.4 Å². The fourth-order valence-electron chi connectivity index (χ4n) is 5.06. The van der Waals surface area contributed by atoms with Crippen molar-refractivity contribution in [3.8, 4) is 11.1 Å². The van der Waals surface area contributed by atoms with Crippen LogP contribution < -0.4 is 0 Å². The normalized spacial score (nSPS) is 27.7. The van der Waals surface area contributed by atoms with Crippen LogP contribution in [-0.2, 0) is 4.79 Å². The maximum Gasteiger partial charge on any atom is 0.333 e. The lowest BCUT2D eigenvalue weighted by Gasteiger charge is -2.44. The summed E-state index contributed by atoms with van der Waals surface area (Å²) in [5, 5.41) is 11.2. The molecule has 2 saturated heterocycles. The molecule has 0 radical (unpaired) electrons. The summed E-state index contributed by atoms with van der Waals surface area (Å²) < 4.78 is 39.5. The van der Waals surface area contributed by atoms with Crippen molar-refractivity contribution >= 4 is 18.1 Å². The van der Waals surface area contributed by atoms with Gasteiger partial charge in [-0.25, -0.2) is 14.1 Å². The van der Waals surface area contributed by atoms with E-state index in [0.717, 1.165) is 19.2 Å². The molecule has 170 valence electrons. The molecule has 1 amide bonds. The molecule has 32 heavy (non-hydrogen) atoms. The molecule has 11 heteroatoms. The van der Waals surface area contributed by atoms with Crippen LogP contribution in [0.2, 0.25) is 0 Å². The molecule has 2 unspecified atom stereocenters. The standard InChI is InChI=1S/C21H24F3N7O/c22-15-3-12(4-15)20(32)31-16-1-2-17(31)10-29(9-16)19(27-11-25)18-5-13(6-26-18)14-7-28-30(8-14)21(23)24/h5-8,11-12,15-17,21,25-26H,1-4,9-10H2. The van der Waals surface area contributed by atoms with Crippen molar-refractivity contribution in [2.75, 3.05) is 13.1 Å². The molecule has 2 atom stereocenters. The van der Waals surface area contributed by atoms with Gasteiger partial charge in [0.05, 0.1) is 11.9 Å². The third-order valence-corrected chi connectivity index (χ3v) is 6.71. The zero-order valence-electron chi connectivity index (χ0n) is 17.3. The SMILES string of the molecule is N=CN=C(c1cc(-c2cnn(C(F)F)c2)c[nH]1)N1CC2CCC(C1)N2C(=O)C1CC(F)C1. The molecule has 8 nitrogen and oxygen atoms in total. The Labute approximate surface area is 182 Å². The Morgan fingerprint density at radius 3 is 2.56 bits per heavy atom. The minimum Gasteiger partial charge on any atom is -0.358 e. The number of aromatic amines is 1. The molecule has 1 saturated carbocycles. The molecule has 1 aliphatic carbocycles. The highest BCUT2D eigenvalue weighted by Gasteiger charge is 2.47. The fourth-order valence-corrected chi connectivity index (χ4v) is 5.06. The van der Waals surface area contributed by atoms with Crippen LogP contribution in [0.4, 0.5) is 13.2 Å². The number of amidine groups is 1. The Hall–Kier alpha value is -3.11. The smallest absolute Gasteiger partial charge is 0.333 e. The molecule has 2 aromatic rings. The van der Waals surface area contributed by atoms with Gasteiger partial charge in [-0.3, -0.25) is 10.2 Å². The van der Waals surface area contributed by atoms with E-state index in [-0.39, 0.29) is 23.9 Å². The molecule has 2 bridgehead atoms. The number of aromatic nitrogens is 3. The van der Waals surface area contributed by atoms with Gasteiger partial charge in [-0.2, -0.15) is 13.9 Å². The number of H-pyrrole nitrogens is 1. The second kappa shape index (κ2) is 8.10. The number of rotatable bonds is 5. The molecular weight excluding hydrogens is 423 g/mol. The van der Waals surface area contributed by atoms with E-state index in [9.17, 15) is 18.0 Å². The second-order valence-corrected chi connectivity index (χ2v) is 8.67. The number of halogens is 3. The number of nitrogens with one attached hydrogen (secondary N) is 2. The summed E-state index contributed by atoms with van der Waals surface area (Å²) >= 11 is 0. The average molecular weight is 447 g/mol. The van der Waals surface area contributed by atoms with Crippen LogP contribution in [0.15, 0.2) is 29.6 Å². The summed E-state index contributed by atoms with van der Waals surface area (Å²) in [6.07, 6.45) is 6.89. The highest BCUT2D eigenvalue weighted by molar-refractivity contribution is 6.02. The van der Waals surface area contributed by atoms with Crippen molar-refractivity contribution in [1.82, 2.24) is 24.6 Å². The number of fused-ring (bicyclic) bond motifs is 2. The molecule has 2 N–H and O–H groups in total. The van der Waals surface area contributed by atoms with Gasteiger partial charge >= 0.3 is 6.55 Å². The Bertz CT molecular complexity index is 1030. The highest BCUT2D eigenvalue weighted by atomic mass is 19.3. The zero-order chi connectivity index (χ0) is 22.4. The lowest BCUT2D eigenvalue weighted by atomic mass is 9.82. The summed E-state index contributed by atoms with van der Waals surface area (Å²) in [7, 11) is 0. The first kappa shape index (κ1) is 20.8. The molecule has 4 heterocycles.